The van der Waals surface area contributed by atoms with E-state index in [1.54, 1.807) is 48.5 Å². The highest BCUT2D eigenvalue weighted by atomic mass is 35.5. The molecule has 1 unspecified atom stereocenters. The lowest BCUT2D eigenvalue weighted by atomic mass is 9.86. The number of carbonyl (C=O) groups excluding carboxylic acids is 1. The standard InChI is InChI=1S/C23H17Cl2N5O4/c24-18-7-6-13(8-19(18)25)27-23-28-21-16(9-14(30(33)34)10-17(21)22(32)29-23)15(11-20(26)31)12-4-2-1-3-5-12/h1-10,15H,11H2,(H2,26,31)(H2,27,28,29,32). The number of fused-ring (bicyclic) bond motifs is 1. The van der Waals surface area contributed by atoms with Crippen molar-refractivity contribution in [1.29, 1.82) is 0 Å². The monoisotopic (exact) mass is 497 g/mol. The molecule has 9 nitrogen and oxygen atoms in total. The van der Waals surface area contributed by atoms with Crippen LogP contribution in [0.3, 0.4) is 0 Å². The van der Waals surface area contributed by atoms with E-state index in [9.17, 15) is 19.7 Å². The van der Waals surface area contributed by atoms with Crippen molar-refractivity contribution < 1.29 is 9.72 Å². The summed E-state index contributed by atoms with van der Waals surface area (Å²) >= 11 is 12.0. The molecule has 0 saturated carbocycles. The van der Waals surface area contributed by atoms with Crippen LogP contribution in [0.1, 0.15) is 23.5 Å². The van der Waals surface area contributed by atoms with Gasteiger partial charge in [-0.25, -0.2) is 4.98 Å². The fourth-order valence-electron chi connectivity index (χ4n) is 3.69. The van der Waals surface area contributed by atoms with Gasteiger partial charge < -0.3 is 11.1 Å². The van der Waals surface area contributed by atoms with Gasteiger partial charge in [-0.05, 0) is 29.3 Å². The first-order valence-electron chi connectivity index (χ1n) is 10.0. The van der Waals surface area contributed by atoms with E-state index in [-0.39, 0.29) is 29.0 Å². The molecule has 0 aliphatic heterocycles. The van der Waals surface area contributed by atoms with Gasteiger partial charge in [-0.2, -0.15) is 0 Å². The number of nitrogens with two attached hydrogens (primary N) is 1. The first-order chi connectivity index (χ1) is 16.2. The Hall–Kier alpha value is -3.95. The molecular formula is C23H17Cl2N5O4. The summed E-state index contributed by atoms with van der Waals surface area (Å²) in [5.74, 6) is -1.18. The van der Waals surface area contributed by atoms with Gasteiger partial charge in [0.1, 0.15) is 0 Å². The first-order valence-corrected chi connectivity index (χ1v) is 10.8. The Morgan fingerprint density at radius 1 is 1.12 bits per heavy atom. The van der Waals surface area contributed by atoms with E-state index >= 15 is 0 Å². The number of nitro groups is 1. The molecule has 1 heterocycles. The Balaban J connectivity index is 1.94. The molecule has 172 valence electrons. The number of nitrogens with one attached hydrogen (secondary N) is 2. The molecule has 1 atom stereocenters. The van der Waals surface area contributed by atoms with Crippen LogP contribution >= 0.6 is 23.2 Å². The molecule has 1 aromatic heterocycles. The number of aromatic nitrogens is 2. The number of H-pyrrole nitrogens is 1. The third kappa shape index (κ3) is 4.85. The zero-order chi connectivity index (χ0) is 24.4. The highest BCUT2D eigenvalue weighted by molar-refractivity contribution is 6.42. The SMILES string of the molecule is NC(=O)CC(c1ccccc1)c1cc([N+](=O)[O-])cc2c(=O)[nH]c(Nc3ccc(Cl)c(Cl)c3)nc12. The molecule has 0 bridgehead atoms. The number of nitro benzene ring substituents is 1. The minimum absolute atomic E-state index is 0.00860. The second kappa shape index (κ2) is 9.50. The zero-order valence-corrected chi connectivity index (χ0v) is 18.9. The lowest BCUT2D eigenvalue weighted by Crippen LogP contribution is -2.18. The molecule has 0 saturated heterocycles. The summed E-state index contributed by atoms with van der Waals surface area (Å²) in [6.07, 6.45) is -0.135. The number of anilines is 2. The van der Waals surface area contributed by atoms with Crippen LogP contribution in [-0.2, 0) is 4.79 Å². The number of hydrogen-bond acceptors (Lipinski definition) is 6. The predicted molar refractivity (Wildman–Crippen MR) is 131 cm³/mol. The van der Waals surface area contributed by atoms with Crippen LogP contribution in [0.2, 0.25) is 10.0 Å². The minimum atomic E-state index is -0.659. The van der Waals surface area contributed by atoms with E-state index in [0.717, 1.165) is 6.07 Å². The number of non-ortho nitro benzene ring substituents is 1. The van der Waals surface area contributed by atoms with Crippen molar-refractivity contribution in [3.63, 3.8) is 0 Å². The number of benzene rings is 3. The van der Waals surface area contributed by atoms with E-state index in [4.69, 9.17) is 28.9 Å². The molecule has 0 radical (unpaired) electrons. The number of carbonyl (C=O) groups is 1. The van der Waals surface area contributed by atoms with Crippen molar-refractivity contribution in [3.8, 4) is 0 Å². The molecule has 34 heavy (non-hydrogen) atoms. The van der Waals surface area contributed by atoms with E-state index < -0.39 is 22.3 Å². The lowest BCUT2D eigenvalue weighted by molar-refractivity contribution is -0.384. The van der Waals surface area contributed by atoms with Crippen LogP contribution in [0.5, 0.6) is 0 Å². The number of aromatic amines is 1. The van der Waals surface area contributed by atoms with Gasteiger partial charge in [0.25, 0.3) is 11.2 Å². The van der Waals surface area contributed by atoms with E-state index in [0.29, 0.717) is 26.9 Å². The average molecular weight is 498 g/mol. The number of primary amides is 1. The molecular weight excluding hydrogens is 481 g/mol. The number of hydrogen-bond donors (Lipinski definition) is 3. The topological polar surface area (TPSA) is 144 Å². The smallest absolute Gasteiger partial charge is 0.270 e. The van der Waals surface area contributed by atoms with Crippen LogP contribution < -0.4 is 16.6 Å². The van der Waals surface area contributed by atoms with Gasteiger partial charge in [0.2, 0.25) is 11.9 Å². The van der Waals surface area contributed by atoms with Gasteiger partial charge in [0, 0.05) is 30.2 Å². The predicted octanol–water partition coefficient (Wildman–Crippen LogP) is 4.89. The van der Waals surface area contributed by atoms with Crippen LogP contribution in [0, 0.1) is 10.1 Å². The van der Waals surface area contributed by atoms with Crippen molar-refractivity contribution >= 4 is 57.3 Å². The molecule has 3 aromatic carbocycles. The molecule has 4 N–H and O–H groups in total. The lowest BCUT2D eigenvalue weighted by Gasteiger charge is -2.18. The maximum Gasteiger partial charge on any atom is 0.270 e. The van der Waals surface area contributed by atoms with Gasteiger partial charge in [0.05, 0.1) is 25.9 Å². The maximum absolute atomic E-state index is 12.9. The highest BCUT2D eigenvalue weighted by Gasteiger charge is 2.25. The number of nitrogens with zero attached hydrogens (tertiary/aromatic N) is 2. The molecule has 0 fully saturated rings. The van der Waals surface area contributed by atoms with Crippen LogP contribution in [-0.4, -0.2) is 20.8 Å². The summed E-state index contributed by atoms with van der Waals surface area (Å²) in [6, 6.07) is 16.2. The van der Waals surface area contributed by atoms with E-state index in [1.165, 1.54) is 6.07 Å². The van der Waals surface area contributed by atoms with Gasteiger partial charge in [0.15, 0.2) is 0 Å². The van der Waals surface area contributed by atoms with Crippen molar-refractivity contribution in [1.82, 2.24) is 9.97 Å². The third-order valence-electron chi connectivity index (χ3n) is 5.20. The van der Waals surface area contributed by atoms with Crippen LogP contribution in [0.4, 0.5) is 17.3 Å². The molecule has 1 amide bonds. The second-order valence-electron chi connectivity index (χ2n) is 7.49. The van der Waals surface area contributed by atoms with Gasteiger partial charge in [-0.15, -0.1) is 0 Å². The number of halogens is 2. The molecule has 0 aliphatic rings. The Labute approximate surface area is 202 Å². The highest BCUT2D eigenvalue weighted by Crippen LogP contribution is 2.35. The maximum atomic E-state index is 12.9. The minimum Gasteiger partial charge on any atom is -0.370 e. The third-order valence-corrected chi connectivity index (χ3v) is 5.94. The molecule has 4 rings (SSSR count). The first kappa shape index (κ1) is 23.2. The second-order valence-corrected chi connectivity index (χ2v) is 8.30. The zero-order valence-electron chi connectivity index (χ0n) is 17.4. The number of amides is 1. The number of rotatable bonds is 7. The molecule has 11 heteroatoms. The van der Waals surface area contributed by atoms with Crippen molar-refractivity contribution in [3.05, 3.63) is 102 Å². The summed E-state index contributed by atoms with van der Waals surface area (Å²) in [7, 11) is 0. The Morgan fingerprint density at radius 2 is 1.85 bits per heavy atom. The van der Waals surface area contributed by atoms with E-state index in [1.807, 2.05) is 0 Å². The van der Waals surface area contributed by atoms with Crippen molar-refractivity contribution in [2.45, 2.75) is 12.3 Å². The Bertz CT molecular complexity index is 1470. The normalized spacial score (nSPS) is 11.8. The summed E-state index contributed by atoms with van der Waals surface area (Å²) in [5, 5.41) is 15.2. The average Bonchev–Trinajstić information content (AvgIpc) is 2.80. The summed E-state index contributed by atoms with van der Waals surface area (Å²) in [4.78, 5) is 42.9. The van der Waals surface area contributed by atoms with Gasteiger partial charge in [-0.1, -0.05) is 53.5 Å². The Morgan fingerprint density at radius 3 is 2.50 bits per heavy atom. The van der Waals surface area contributed by atoms with Gasteiger partial charge in [-0.3, -0.25) is 24.7 Å². The molecule has 0 aliphatic carbocycles. The van der Waals surface area contributed by atoms with Crippen molar-refractivity contribution in [2.24, 2.45) is 5.73 Å². The summed E-state index contributed by atoms with van der Waals surface area (Å²) < 4.78 is 0. The molecule has 0 spiro atoms. The largest absolute Gasteiger partial charge is 0.370 e. The summed E-state index contributed by atoms with van der Waals surface area (Å²) in [5.41, 5.74) is 6.35. The van der Waals surface area contributed by atoms with Gasteiger partial charge >= 0.3 is 0 Å². The molecule has 4 aromatic rings. The Kier molecular flexibility index (Phi) is 6.49. The fourth-order valence-corrected chi connectivity index (χ4v) is 3.99. The quantitative estimate of drug-likeness (QED) is 0.245. The van der Waals surface area contributed by atoms with Crippen molar-refractivity contribution in [2.75, 3.05) is 5.32 Å². The van der Waals surface area contributed by atoms with Crippen LogP contribution in [0.15, 0.2) is 65.5 Å². The summed E-state index contributed by atoms with van der Waals surface area (Å²) in [6.45, 7) is 0. The van der Waals surface area contributed by atoms with Crippen LogP contribution in [0.25, 0.3) is 10.9 Å². The fraction of sp³-hybridized carbons (Fsp3) is 0.0870. The van der Waals surface area contributed by atoms with E-state index in [2.05, 4.69) is 15.3 Å².